The van der Waals surface area contributed by atoms with E-state index in [-0.39, 0.29) is 0 Å². The number of benzene rings is 1. The molecule has 0 aromatic heterocycles. The van der Waals surface area contributed by atoms with Crippen LogP contribution in [0.3, 0.4) is 0 Å². The zero-order valence-corrected chi connectivity index (χ0v) is 9.09. The minimum absolute atomic E-state index is 0.640. The molecule has 1 rings (SSSR count). The molecule has 0 aliphatic rings. The molecule has 0 unspecified atom stereocenters. The number of nitrogens with two attached hydrogens (primary N) is 1. The van der Waals surface area contributed by atoms with Crippen molar-refractivity contribution in [2.75, 3.05) is 6.54 Å². The third-order valence-corrected chi connectivity index (χ3v) is 2.61. The average molecular weight is 189 g/mol. The Balaban J connectivity index is 3.09. The number of allylic oxidation sites excluding steroid dienone is 1. The Morgan fingerprint density at radius 2 is 1.64 bits per heavy atom. The molecule has 1 aromatic rings. The van der Waals surface area contributed by atoms with Gasteiger partial charge < -0.3 is 5.73 Å². The van der Waals surface area contributed by atoms with Crippen LogP contribution in [0.4, 0.5) is 0 Å². The molecule has 0 heterocycles. The molecule has 1 heteroatoms. The third-order valence-electron chi connectivity index (χ3n) is 2.61. The number of rotatable bonds is 4. The minimum Gasteiger partial charge on any atom is -0.326 e. The molecule has 1 aromatic carbocycles. The van der Waals surface area contributed by atoms with Crippen LogP contribution in [-0.2, 0) is 0 Å². The van der Waals surface area contributed by atoms with Crippen LogP contribution in [0.5, 0.6) is 0 Å². The summed E-state index contributed by atoms with van der Waals surface area (Å²) in [6.07, 6.45) is 2.19. The molecule has 0 bridgehead atoms. The first-order valence-corrected chi connectivity index (χ1v) is 5.29. The maximum Gasteiger partial charge on any atom is 0.0183 e. The van der Waals surface area contributed by atoms with E-state index in [1.54, 1.807) is 0 Å². The van der Waals surface area contributed by atoms with Crippen molar-refractivity contribution in [3.63, 3.8) is 0 Å². The Morgan fingerprint density at radius 3 is 2.07 bits per heavy atom. The van der Waals surface area contributed by atoms with Crippen LogP contribution >= 0.6 is 0 Å². The molecule has 0 aliphatic heterocycles. The second kappa shape index (κ2) is 5.61. The van der Waals surface area contributed by atoms with Crippen molar-refractivity contribution in [3.05, 3.63) is 41.5 Å². The van der Waals surface area contributed by atoms with Crippen molar-refractivity contribution in [1.29, 1.82) is 0 Å². The van der Waals surface area contributed by atoms with Crippen LogP contribution in [0.1, 0.15) is 32.3 Å². The van der Waals surface area contributed by atoms with Gasteiger partial charge in [-0.05, 0) is 24.0 Å². The standard InChI is InChI=1S/C13H19N/c1-3-11(4-2)13(10-14)12-8-6-5-7-9-12/h5-9H,3-4,10,14H2,1-2H3. The van der Waals surface area contributed by atoms with Crippen LogP contribution in [-0.4, -0.2) is 6.54 Å². The van der Waals surface area contributed by atoms with Crippen molar-refractivity contribution in [2.45, 2.75) is 26.7 Å². The summed E-state index contributed by atoms with van der Waals surface area (Å²) < 4.78 is 0. The van der Waals surface area contributed by atoms with Gasteiger partial charge in [0.2, 0.25) is 0 Å². The lowest BCUT2D eigenvalue weighted by Crippen LogP contribution is -2.05. The van der Waals surface area contributed by atoms with Crippen molar-refractivity contribution < 1.29 is 0 Å². The van der Waals surface area contributed by atoms with Gasteiger partial charge in [0, 0.05) is 6.54 Å². The lowest BCUT2D eigenvalue weighted by Gasteiger charge is -2.11. The van der Waals surface area contributed by atoms with Gasteiger partial charge in [-0.25, -0.2) is 0 Å². The predicted octanol–water partition coefficient (Wildman–Crippen LogP) is 3.22. The smallest absolute Gasteiger partial charge is 0.0183 e. The zero-order chi connectivity index (χ0) is 10.4. The fraction of sp³-hybridized carbons (Fsp3) is 0.385. The molecule has 0 aliphatic carbocycles. The highest BCUT2D eigenvalue weighted by molar-refractivity contribution is 5.69. The summed E-state index contributed by atoms with van der Waals surface area (Å²) in [5, 5.41) is 0. The zero-order valence-electron chi connectivity index (χ0n) is 9.09. The van der Waals surface area contributed by atoms with Gasteiger partial charge in [0.25, 0.3) is 0 Å². The van der Waals surface area contributed by atoms with Crippen LogP contribution in [0, 0.1) is 0 Å². The molecule has 0 saturated heterocycles. The molecule has 0 radical (unpaired) electrons. The summed E-state index contributed by atoms with van der Waals surface area (Å²) in [5.74, 6) is 0. The average Bonchev–Trinajstić information content (AvgIpc) is 2.27. The highest BCUT2D eigenvalue weighted by Crippen LogP contribution is 2.21. The van der Waals surface area contributed by atoms with Gasteiger partial charge in [-0.3, -0.25) is 0 Å². The molecule has 0 amide bonds. The lowest BCUT2D eigenvalue weighted by atomic mass is 9.97. The normalized spacial score (nSPS) is 9.93. The summed E-state index contributed by atoms with van der Waals surface area (Å²) in [4.78, 5) is 0. The van der Waals surface area contributed by atoms with E-state index in [0.717, 1.165) is 12.8 Å². The van der Waals surface area contributed by atoms with Gasteiger partial charge in [0.05, 0.1) is 0 Å². The first kappa shape index (κ1) is 11.0. The van der Waals surface area contributed by atoms with Crippen molar-refractivity contribution in [1.82, 2.24) is 0 Å². The van der Waals surface area contributed by atoms with E-state index in [4.69, 9.17) is 5.73 Å². The molecule has 0 atom stereocenters. The number of hydrogen-bond acceptors (Lipinski definition) is 1. The second-order valence-corrected chi connectivity index (χ2v) is 3.36. The summed E-state index contributed by atoms with van der Waals surface area (Å²) in [6, 6.07) is 10.4. The highest BCUT2D eigenvalue weighted by Gasteiger charge is 2.03. The molecule has 2 N–H and O–H groups in total. The SMILES string of the molecule is CCC(CC)=C(CN)c1ccccc1. The first-order valence-electron chi connectivity index (χ1n) is 5.29. The first-order chi connectivity index (χ1) is 6.83. The Hall–Kier alpha value is -1.08. The second-order valence-electron chi connectivity index (χ2n) is 3.36. The van der Waals surface area contributed by atoms with E-state index in [1.165, 1.54) is 16.7 Å². The Labute approximate surface area is 86.6 Å². The molecule has 76 valence electrons. The minimum atomic E-state index is 0.640. The van der Waals surface area contributed by atoms with Gasteiger partial charge in [-0.1, -0.05) is 49.8 Å². The molecule has 0 saturated carbocycles. The fourth-order valence-corrected chi connectivity index (χ4v) is 1.78. The van der Waals surface area contributed by atoms with Crippen LogP contribution in [0.15, 0.2) is 35.9 Å². The lowest BCUT2D eigenvalue weighted by molar-refractivity contribution is 0.970. The highest BCUT2D eigenvalue weighted by atomic mass is 14.5. The quantitative estimate of drug-likeness (QED) is 0.773. The maximum atomic E-state index is 5.80. The molecule has 0 spiro atoms. The summed E-state index contributed by atoms with van der Waals surface area (Å²) in [7, 11) is 0. The molecular formula is C13H19N. The van der Waals surface area contributed by atoms with E-state index >= 15 is 0 Å². The molecule has 14 heavy (non-hydrogen) atoms. The van der Waals surface area contributed by atoms with Gasteiger partial charge in [0.1, 0.15) is 0 Å². The Bertz CT molecular complexity index is 292. The van der Waals surface area contributed by atoms with Crippen LogP contribution in [0.2, 0.25) is 0 Å². The monoisotopic (exact) mass is 189 g/mol. The number of hydrogen-bond donors (Lipinski definition) is 1. The third kappa shape index (κ3) is 2.46. The van der Waals surface area contributed by atoms with E-state index in [9.17, 15) is 0 Å². The van der Waals surface area contributed by atoms with Gasteiger partial charge in [-0.15, -0.1) is 0 Å². The largest absolute Gasteiger partial charge is 0.326 e. The predicted molar refractivity (Wildman–Crippen MR) is 63.0 cm³/mol. The Kier molecular flexibility index (Phi) is 4.41. The summed E-state index contributed by atoms with van der Waals surface area (Å²) in [6.45, 7) is 5.02. The van der Waals surface area contributed by atoms with Gasteiger partial charge in [-0.2, -0.15) is 0 Å². The molecule has 1 nitrogen and oxygen atoms in total. The van der Waals surface area contributed by atoms with Crippen LogP contribution in [0.25, 0.3) is 5.57 Å². The molecular weight excluding hydrogens is 170 g/mol. The summed E-state index contributed by atoms with van der Waals surface area (Å²) >= 11 is 0. The van der Waals surface area contributed by atoms with Gasteiger partial charge >= 0.3 is 0 Å². The Morgan fingerprint density at radius 1 is 1.07 bits per heavy atom. The van der Waals surface area contributed by atoms with E-state index in [2.05, 4.69) is 38.1 Å². The maximum absolute atomic E-state index is 5.80. The van der Waals surface area contributed by atoms with E-state index < -0.39 is 0 Å². The molecule has 0 fully saturated rings. The van der Waals surface area contributed by atoms with E-state index in [1.807, 2.05) is 6.07 Å². The van der Waals surface area contributed by atoms with E-state index in [0.29, 0.717) is 6.54 Å². The van der Waals surface area contributed by atoms with Crippen molar-refractivity contribution in [3.8, 4) is 0 Å². The van der Waals surface area contributed by atoms with Crippen LogP contribution < -0.4 is 5.73 Å². The van der Waals surface area contributed by atoms with Crippen molar-refractivity contribution in [2.24, 2.45) is 5.73 Å². The summed E-state index contributed by atoms with van der Waals surface area (Å²) in [5.41, 5.74) is 9.86. The topological polar surface area (TPSA) is 26.0 Å². The van der Waals surface area contributed by atoms with Gasteiger partial charge in [0.15, 0.2) is 0 Å². The van der Waals surface area contributed by atoms with Crippen molar-refractivity contribution >= 4 is 5.57 Å². The fourth-order valence-electron chi connectivity index (χ4n) is 1.78.